The highest BCUT2D eigenvalue weighted by atomic mass is 16.5. The normalized spacial score (nSPS) is 12.7. The molecule has 1 unspecified atom stereocenters. The van der Waals surface area contributed by atoms with Crippen LogP contribution in [0, 0.1) is 0 Å². The van der Waals surface area contributed by atoms with Gasteiger partial charge in [-0.2, -0.15) is 0 Å². The van der Waals surface area contributed by atoms with Gasteiger partial charge in [-0.15, -0.1) is 0 Å². The van der Waals surface area contributed by atoms with Crippen LogP contribution in [0.5, 0.6) is 0 Å². The molecule has 0 aliphatic heterocycles. The fraction of sp³-hybridized carbons (Fsp3) is 0.182. The van der Waals surface area contributed by atoms with E-state index in [0.29, 0.717) is 0 Å². The molecule has 3 heteroatoms. The third-order valence-corrected chi connectivity index (χ3v) is 4.31. The Hall–Kier alpha value is -2.46. The van der Waals surface area contributed by atoms with Crippen molar-refractivity contribution < 1.29 is 9.84 Å². The average molecular weight is 333 g/mol. The summed E-state index contributed by atoms with van der Waals surface area (Å²) in [5.41, 5.74) is 7.81. The Morgan fingerprint density at radius 1 is 0.720 bits per heavy atom. The number of aliphatic hydroxyl groups excluding tert-OH is 1. The number of aliphatic hydroxyl groups is 1. The van der Waals surface area contributed by atoms with Gasteiger partial charge >= 0.3 is 0 Å². The van der Waals surface area contributed by atoms with Crippen molar-refractivity contribution in [3.8, 4) is 0 Å². The van der Waals surface area contributed by atoms with Crippen LogP contribution in [0.25, 0.3) is 0 Å². The lowest BCUT2D eigenvalue weighted by atomic mass is 9.80. The molecule has 0 saturated carbocycles. The van der Waals surface area contributed by atoms with Crippen molar-refractivity contribution in [2.45, 2.75) is 11.7 Å². The molecule has 3 N–H and O–H groups in total. The maximum atomic E-state index is 10.0. The largest absolute Gasteiger partial charge is 0.389 e. The minimum absolute atomic E-state index is 0.148. The smallest absolute Gasteiger partial charge is 0.143 e. The van der Waals surface area contributed by atoms with Crippen LogP contribution in [0.4, 0.5) is 0 Å². The van der Waals surface area contributed by atoms with Crippen molar-refractivity contribution in [3.05, 3.63) is 108 Å². The van der Waals surface area contributed by atoms with Crippen molar-refractivity contribution in [2.24, 2.45) is 5.73 Å². The van der Waals surface area contributed by atoms with Crippen LogP contribution in [0.1, 0.15) is 16.7 Å². The Balaban J connectivity index is 2.20. The molecule has 0 heterocycles. The van der Waals surface area contributed by atoms with Gasteiger partial charge in [0.1, 0.15) is 5.60 Å². The molecular formula is C22H23NO2. The first-order valence-electron chi connectivity index (χ1n) is 8.46. The molecule has 0 aromatic heterocycles. The van der Waals surface area contributed by atoms with Gasteiger partial charge in [-0.3, -0.25) is 0 Å². The van der Waals surface area contributed by atoms with Crippen LogP contribution < -0.4 is 5.73 Å². The Morgan fingerprint density at radius 2 is 1.08 bits per heavy atom. The zero-order chi connectivity index (χ0) is 17.5. The maximum Gasteiger partial charge on any atom is 0.143 e. The molecule has 3 aromatic carbocycles. The van der Waals surface area contributed by atoms with E-state index in [-0.39, 0.29) is 13.2 Å². The molecule has 128 valence electrons. The Bertz CT molecular complexity index is 663. The molecule has 0 saturated heterocycles. The van der Waals surface area contributed by atoms with Crippen LogP contribution >= 0.6 is 0 Å². The second-order valence-corrected chi connectivity index (χ2v) is 5.98. The average Bonchev–Trinajstić information content (AvgIpc) is 2.71. The van der Waals surface area contributed by atoms with Crippen LogP contribution in [0.3, 0.4) is 0 Å². The summed E-state index contributed by atoms with van der Waals surface area (Å²) < 4.78 is 6.41. The van der Waals surface area contributed by atoms with Crippen molar-refractivity contribution in [2.75, 3.05) is 13.2 Å². The monoisotopic (exact) mass is 333 g/mol. The highest BCUT2D eigenvalue weighted by Gasteiger charge is 2.37. The quantitative estimate of drug-likeness (QED) is 0.652. The van der Waals surface area contributed by atoms with E-state index in [9.17, 15) is 5.11 Å². The van der Waals surface area contributed by atoms with Crippen molar-refractivity contribution >= 4 is 0 Å². The SMILES string of the molecule is NCC(O)COC(c1ccccc1)(c1ccccc1)c1ccccc1. The fourth-order valence-electron chi connectivity index (χ4n) is 3.06. The van der Waals surface area contributed by atoms with Crippen molar-refractivity contribution in [1.29, 1.82) is 0 Å². The molecule has 0 aliphatic rings. The summed E-state index contributed by atoms with van der Waals surface area (Å²) in [5, 5.41) is 10.0. The number of rotatable bonds is 7. The van der Waals surface area contributed by atoms with Crippen LogP contribution in [0.15, 0.2) is 91.0 Å². The standard InChI is InChI=1S/C22H23NO2/c23-16-21(24)17-25-22(18-10-4-1-5-11-18,19-12-6-2-7-13-19)20-14-8-3-9-15-20/h1-15,21,24H,16-17,23H2. The van der Waals surface area contributed by atoms with Gasteiger partial charge in [-0.1, -0.05) is 91.0 Å². The third-order valence-electron chi connectivity index (χ3n) is 4.31. The number of ether oxygens (including phenoxy) is 1. The zero-order valence-corrected chi connectivity index (χ0v) is 14.1. The summed E-state index contributed by atoms with van der Waals surface area (Å²) in [4.78, 5) is 0. The van der Waals surface area contributed by atoms with Gasteiger partial charge in [0.2, 0.25) is 0 Å². The van der Waals surface area contributed by atoms with E-state index in [1.54, 1.807) is 0 Å². The van der Waals surface area contributed by atoms with Crippen LogP contribution in [-0.2, 0) is 10.3 Å². The van der Waals surface area contributed by atoms with Gasteiger partial charge in [0.15, 0.2) is 0 Å². The van der Waals surface area contributed by atoms with Crippen molar-refractivity contribution in [1.82, 2.24) is 0 Å². The summed E-state index contributed by atoms with van der Waals surface area (Å²) in [6.45, 7) is 0.309. The molecular weight excluding hydrogens is 310 g/mol. The molecule has 3 aromatic rings. The second kappa shape index (κ2) is 8.08. The fourth-order valence-corrected chi connectivity index (χ4v) is 3.06. The maximum absolute atomic E-state index is 10.0. The lowest BCUT2D eigenvalue weighted by molar-refractivity contribution is -0.0350. The van der Waals surface area contributed by atoms with Gasteiger partial charge in [0.05, 0.1) is 12.7 Å². The molecule has 0 aliphatic carbocycles. The molecule has 0 amide bonds. The van der Waals surface area contributed by atoms with E-state index in [1.807, 2.05) is 54.6 Å². The van der Waals surface area contributed by atoms with Gasteiger partial charge in [-0.25, -0.2) is 0 Å². The minimum Gasteiger partial charge on any atom is -0.389 e. The predicted octanol–water partition coefficient (Wildman–Crippen LogP) is 3.31. The van der Waals surface area contributed by atoms with Crippen LogP contribution in [0.2, 0.25) is 0 Å². The molecule has 1 atom stereocenters. The van der Waals surface area contributed by atoms with Crippen molar-refractivity contribution in [3.63, 3.8) is 0 Å². The molecule has 0 bridgehead atoms. The lowest BCUT2D eigenvalue weighted by Crippen LogP contribution is -2.37. The lowest BCUT2D eigenvalue weighted by Gasteiger charge is -2.36. The Kier molecular flexibility index (Phi) is 5.61. The molecule has 0 radical (unpaired) electrons. The van der Waals surface area contributed by atoms with E-state index < -0.39 is 11.7 Å². The van der Waals surface area contributed by atoms with E-state index in [4.69, 9.17) is 10.5 Å². The van der Waals surface area contributed by atoms with E-state index in [1.165, 1.54) is 0 Å². The van der Waals surface area contributed by atoms with Crippen LogP contribution in [-0.4, -0.2) is 24.4 Å². The first kappa shape index (κ1) is 17.4. The van der Waals surface area contributed by atoms with Gasteiger partial charge in [0.25, 0.3) is 0 Å². The van der Waals surface area contributed by atoms with E-state index in [2.05, 4.69) is 36.4 Å². The van der Waals surface area contributed by atoms with E-state index in [0.717, 1.165) is 16.7 Å². The third kappa shape index (κ3) is 3.64. The Morgan fingerprint density at radius 3 is 1.40 bits per heavy atom. The highest BCUT2D eigenvalue weighted by molar-refractivity contribution is 5.47. The van der Waals surface area contributed by atoms with E-state index >= 15 is 0 Å². The summed E-state index contributed by atoms with van der Waals surface area (Å²) in [6.07, 6.45) is -0.712. The molecule has 0 fully saturated rings. The zero-order valence-electron chi connectivity index (χ0n) is 14.1. The summed E-state index contributed by atoms with van der Waals surface area (Å²) >= 11 is 0. The molecule has 0 spiro atoms. The molecule has 3 rings (SSSR count). The van der Waals surface area contributed by atoms with Gasteiger partial charge in [-0.05, 0) is 16.7 Å². The first-order valence-corrected chi connectivity index (χ1v) is 8.46. The number of benzene rings is 3. The summed E-state index contributed by atoms with van der Waals surface area (Å²) in [5.74, 6) is 0. The predicted molar refractivity (Wildman–Crippen MR) is 100 cm³/mol. The molecule has 3 nitrogen and oxygen atoms in total. The number of nitrogens with two attached hydrogens (primary N) is 1. The number of hydrogen-bond acceptors (Lipinski definition) is 3. The summed E-state index contributed by atoms with van der Waals surface area (Å²) in [7, 11) is 0. The highest BCUT2D eigenvalue weighted by Crippen LogP contribution is 2.40. The first-order chi connectivity index (χ1) is 12.3. The minimum atomic E-state index is -0.806. The van der Waals surface area contributed by atoms with Gasteiger partial charge in [0, 0.05) is 6.54 Å². The summed E-state index contributed by atoms with van der Waals surface area (Å²) in [6, 6.07) is 30.2. The number of hydrogen-bond donors (Lipinski definition) is 2. The molecule has 25 heavy (non-hydrogen) atoms. The topological polar surface area (TPSA) is 55.5 Å². The Labute approximate surface area is 148 Å². The van der Waals surface area contributed by atoms with Gasteiger partial charge < -0.3 is 15.6 Å². The second-order valence-electron chi connectivity index (χ2n) is 5.98.